The molecule has 3 aromatic carbocycles. The highest BCUT2D eigenvalue weighted by atomic mass is 79.9. The van der Waals surface area contributed by atoms with E-state index in [2.05, 4.69) is 33.5 Å². The Labute approximate surface area is 278 Å². The number of allylic oxidation sites excluding steroid dienone is 1. The van der Waals surface area contributed by atoms with Gasteiger partial charge in [0.15, 0.2) is 11.5 Å². The SMILES string of the molecule is CCCSc1nc2n(n1)C(c1cc(Br)c(OCc3ccc(Cl)c(Cl)c3)c(OC)c1)C(C(=O)Nc1ccccc1OC)=C(C)N2. The Hall–Kier alpha value is -3.38. The zero-order chi connectivity index (χ0) is 31.4. The number of fused-ring (bicyclic) bond motifs is 1. The van der Waals surface area contributed by atoms with E-state index in [4.69, 9.17) is 47.5 Å². The fourth-order valence-corrected chi connectivity index (χ4v) is 6.33. The molecule has 2 heterocycles. The van der Waals surface area contributed by atoms with E-state index in [1.54, 1.807) is 54.9 Å². The molecule has 9 nitrogen and oxygen atoms in total. The first-order valence-electron chi connectivity index (χ1n) is 13.7. The van der Waals surface area contributed by atoms with Crippen LogP contribution in [0.1, 0.15) is 37.4 Å². The summed E-state index contributed by atoms with van der Waals surface area (Å²) < 4.78 is 19.8. The van der Waals surface area contributed by atoms with Crippen LogP contribution in [-0.4, -0.2) is 40.6 Å². The van der Waals surface area contributed by atoms with Crippen LogP contribution in [0.4, 0.5) is 11.6 Å². The maximum absolute atomic E-state index is 14.0. The van der Waals surface area contributed by atoms with Crippen LogP contribution in [0.3, 0.4) is 0 Å². The number of ether oxygens (including phenoxy) is 3. The Morgan fingerprint density at radius 1 is 1.09 bits per heavy atom. The molecule has 13 heteroatoms. The molecule has 1 aliphatic rings. The van der Waals surface area contributed by atoms with E-state index < -0.39 is 6.04 Å². The molecule has 1 atom stereocenters. The van der Waals surface area contributed by atoms with Crippen LogP contribution in [0.25, 0.3) is 0 Å². The monoisotopic (exact) mass is 717 g/mol. The molecule has 1 amide bonds. The van der Waals surface area contributed by atoms with Crippen LogP contribution in [-0.2, 0) is 11.4 Å². The number of carbonyl (C=O) groups excluding carboxylic acids is 1. The third kappa shape index (κ3) is 6.81. The van der Waals surface area contributed by atoms with Crippen molar-refractivity contribution in [3.8, 4) is 17.2 Å². The summed E-state index contributed by atoms with van der Waals surface area (Å²) in [6.07, 6.45) is 0.975. The number of nitrogens with zero attached hydrogens (tertiary/aromatic N) is 3. The summed E-state index contributed by atoms with van der Waals surface area (Å²) in [4.78, 5) is 18.7. The van der Waals surface area contributed by atoms with Gasteiger partial charge in [-0.3, -0.25) is 4.79 Å². The molecular formula is C31H30BrCl2N5O4S. The fraction of sp³-hybridized carbons (Fsp3) is 0.258. The molecule has 1 aliphatic heterocycles. The van der Waals surface area contributed by atoms with E-state index in [9.17, 15) is 4.79 Å². The summed E-state index contributed by atoms with van der Waals surface area (Å²) in [7, 11) is 3.13. The first-order chi connectivity index (χ1) is 21.2. The van der Waals surface area contributed by atoms with Crippen molar-refractivity contribution < 1.29 is 19.0 Å². The van der Waals surface area contributed by atoms with Gasteiger partial charge in [-0.25, -0.2) is 4.68 Å². The van der Waals surface area contributed by atoms with Gasteiger partial charge < -0.3 is 24.8 Å². The minimum absolute atomic E-state index is 0.232. The number of rotatable bonds is 11. The molecule has 44 heavy (non-hydrogen) atoms. The summed E-state index contributed by atoms with van der Waals surface area (Å²) in [6, 6.07) is 15.7. The van der Waals surface area contributed by atoms with E-state index in [0.29, 0.717) is 59.8 Å². The third-order valence-electron chi connectivity index (χ3n) is 6.80. The Bertz CT molecular complexity index is 1730. The molecule has 0 bridgehead atoms. The van der Waals surface area contributed by atoms with Gasteiger partial charge in [-0.05, 0) is 76.8 Å². The van der Waals surface area contributed by atoms with Crippen molar-refractivity contribution in [1.29, 1.82) is 0 Å². The fourth-order valence-electron chi connectivity index (χ4n) is 4.75. The van der Waals surface area contributed by atoms with Crippen molar-refractivity contribution in [3.05, 3.63) is 91.5 Å². The second-order valence-electron chi connectivity index (χ2n) is 9.80. The Kier molecular flexibility index (Phi) is 10.3. The quantitative estimate of drug-likeness (QED) is 0.149. The second kappa shape index (κ2) is 14.2. The number of hydrogen-bond acceptors (Lipinski definition) is 8. The molecule has 0 aliphatic carbocycles. The molecule has 4 aromatic rings. The van der Waals surface area contributed by atoms with Crippen LogP contribution in [0.15, 0.2) is 75.5 Å². The van der Waals surface area contributed by atoms with E-state index in [1.807, 2.05) is 37.3 Å². The molecule has 1 aromatic heterocycles. The number of amides is 1. The number of halogens is 3. The van der Waals surface area contributed by atoms with Gasteiger partial charge in [0.05, 0.1) is 40.0 Å². The largest absolute Gasteiger partial charge is 0.495 e. The molecule has 5 rings (SSSR count). The zero-order valence-electron chi connectivity index (χ0n) is 24.4. The maximum Gasteiger partial charge on any atom is 0.255 e. The summed E-state index contributed by atoms with van der Waals surface area (Å²) in [6.45, 7) is 4.18. The highest BCUT2D eigenvalue weighted by molar-refractivity contribution is 9.10. The van der Waals surface area contributed by atoms with Gasteiger partial charge in [-0.2, -0.15) is 4.98 Å². The van der Waals surface area contributed by atoms with Gasteiger partial charge in [0.2, 0.25) is 11.1 Å². The van der Waals surface area contributed by atoms with Crippen molar-refractivity contribution in [2.75, 3.05) is 30.6 Å². The van der Waals surface area contributed by atoms with Crippen LogP contribution in [0.5, 0.6) is 17.2 Å². The average molecular weight is 719 g/mol. The number of anilines is 2. The Morgan fingerprint density at radius 3 is 2.59 bits per heavy atom. The number of hydrogen-bond donors (Lipinski definition) is 2. The van der Waals surface area contributed by atoms with Gasteiger partial charge in [-0.15, -0.1) is 5.10 Å². The number of methoxy groups -OCH3 is 2. The van der Waals surface area contributed by atoms with Crippen molar-refractivity contribution in [2.45, 2.75) is 38.1 Å². The van der Waals surface area contributed by atoms with Gasteiger partial charge in [0, 0.05) is 11.4 Å². The molecule has 1 unspecified atom stereocenters. The van der Waals surface area contributed by atoms with E-state index in [1.165, 1.54) is 0 Å². The minimum Gasteiger partial charge on any atom is -0.495 e. The van der Waals surface area contributed by atoms with Crippen molar-refractivity contribution in [3.63, 3.8) is 0 Å². The minimum atomic E-state index is -0.640. The number of thioether (sulfide) groups is 1. The molecular weight excluding hydrogens is 689 g/mol. The van der Waals surface area contributed by atoms with E-state index in [-0.39, 0.29) is 12.5 Å². The number of carbonyl (C=O) groups is 1. The molecule has 0 saturated heterocycles. The highest BCUT2D eigenvalue weighted by Gasteiger charge is 2.35. The first kappa shape index (κ1) is 32.0. The Balaban J connectivity index is 1.55. The van der Waals surface area contributed by atoms with Crippen LogP contribution in [0.2, 0.25) is 10.0 Å². The van der Waals surface area contributed by atoms with Gasteiger partial charge in [0.25, 0.3) is 5.91 Å². The topological polar surface area (TPSA) is 99.5 Å². The summed E-state index contributed by atoms with van der Waals surface area (Å²) >= 11 is 17.5. The predicted octanol–water partition coefficient (Wildman–Crippen LogP) is 8.37. The van der Waals surface area contributed by atoms with Gasteiger partial charge in [-0.1, -0.05) is 60.1 Å². The summed E-state index contributed by atoms with van der Waals surface area (Å²) in [5.74, 6) is 2.60. The van der Waals surface area contributed by atoms with Gasteiger partial charge >= 0.3 is 0 Å². The molecule has 0 radical (unpaired) electrons. The first-order valence-corrected chi connectivity index (χ1v) is 16.2. The van der Waals surface area contributed by atoms with Crippen LogP contribution in [0, 0.1) is 0 Å². The molecule has 0 fully saturated rings. The highest BCUT2D eigenvalue weighted by Crippen LogP contribution is 2.44. The molecule has 2 N–H and O–H groups in total. The van der Waals surface area contributed by atoms with E-state index in [0.717, 1.165) is 23.3 Å². The smallest absolute Gasteiger partial charge is 0.255 e. The standard InChI is InChI=1S/C31H30BrCl2N5O4S/c1-5-12-44-31-37-30-35-17(2)26(29(40)36-23-8-6-7-9-24(23)41-3)27(39(30)38-31)19-14-20(32)28(25(15-19)42-4)43-16-18-10-11-21(33)22(34)13-18/h6-11,13-15,27H,5,12,16H2,1-4H3,(H,36,40)(H,35,37,38). The number of para-hydroxylation sites is 2. The molecule has 0 spiro atoms. The normalized spacial score (nSPS) is 14.1. The lowest BCUT2D eigenvalue weighted by Gasteiger charge is -2.29. The second-order valence-corrected chi connectivity index (χ2v) is 12.5. The Morgan fingerprint density at radius 2 is 1.86 bits per heavy atom. The molecule has 230 valence electrons. The number of nitrogens with one attached hydrogen (secondary N) is 2. The lowest BCUT2D eigenvalue weighted by Crippen LogP contribution is -2.31. The predicted molar refractivity (Wildman–Crippen MR) is 179 cm³/mol. The molecule has 0 saturated carbocycles. The van der Waals surface area contributed by atoms with E-state index >= 15 is 0 Å². The lowest BCUT2D eigenvalue weighted by atomic mass is 9.94. The van der Waals surface area contributed by atoms with Crippen molar-refractivity contribution in [1.82, 2.24) is 14.8 Å². The average Bonchev–Trinajstić information content (AvgIpc) is 3.42. The third-order valence-corrected chi connectivity index (χ3v) is 9.17. The van der Waals surface area contributed by atoms with Crippen molar-refractivity contribution in [2.24, 2.45) is 0 Å². The van der Waals surface area contributed by atoms with Gasteiger partial charge in [0.1, 0.15) is 18.4 Å². The maximum atomic E-state index is 14.0. The lowest BCUT2D eigenvalue weighted by molar-refractivity contribution is -0.113. The van der Waals surface area contributed by atoms with Crippen molar-refractivity contribution >= 4 is 68.4 Å². The summed E-state index contributed by atoms with van der Waals surface area (Å²) in [5, 5.41) is 12.6. The zero-order valence-corrected chi connectivity index (χ0v) is 28.3. The van der Waals surface area contributed by atoms with Crippen LogP contribution >= 0.6 is 50.9 Å². The number of aromatic nitrogens is 3. The van der Waals surface area contributed by atoms with Crippen LogP contribution < -0.4 is 24.8 Å². The summed E-state index contributed by atoms with van der Waals surface area (Å²) in [5.41, 5.74) is 3.23. The number of benzene rings is 3.